The van der Waals surface area contributed by atoms with E-state index in [0.717, 1.165) is 17.3 Å². The first-order valence-electron chi connectivity index (χ1n) is 4.51. The zero-order valence-electron chi connectivity index (χ0n) is 6.56. The van der Waals surface area contributed by atoms with Crippen LogP contribution in [-0.2, 0) is 0 Å². The summed E-state index contributed by atoms with van der Waals surface area (Å²) in [5.41, 5.74) is 2.64. The maximum atomic E-state index is 2.53. The first-order chi connectivity index (χ1) is 4.81. The molecule has 54 valence electrons. The van der Waals surface area contributed by atoms with Crippen LogP contribution in [0.2, 0.25) is 0 Å². The van der Waals surface area contributed by atoms with Crippen molar-refractivity contribution in [3.8, 4) is 0 Å². The lowest BCUT2D eigenvalue weighted by molar-refractivity contribution is 0.423. The van der Waals surface area contributed by atoms with E-state index in [0.29, 0.717) is 0 Å². The molecule has 0 amide bonds. The van der Waals surface area contributed by atoms with Crippen molar-refractivity contribution in [2.45, 2.75) is 32.6 Å². The smallest absolute Gasteiger partial charge is 0.0132 e. The van der Waals surface area contributed by atoms with E-state index < -0.39 is 0 Å². The fourth-order valence-corrected chi connectivity index (χ4v) is 2.60. The number of hydrogen-bond donors (Lipinski definition) is 0. The van der Waals surface area contributed by atoms with Crippen molar-refractivity contribution in [2.24, 2.45) is 17.3 Å². The Morgan fingerprint density at radius 2 is 2.30 bits per heavy atom. The molecule has 0 aromatic carbocycles. The highest BCUT2D eigenvalue weighted by Crippen LogP contribution is 2.65. The third-order valence-electron chi connectivity index (χ3n) is 3.83. The van der Waals surface area contributed by atoms with Crippen LogP contribution in [0.1, 0.15) is 32.6 Å². The van der Waals surface area contributed by atoms with Gasteiger partial charge < -0.3 is 0 Å². The van der Waals surface area contributed by atoms with Crippen LogP contribution in [0.15, 0.2) is 11.6 Å². The zero-order valence-corrected chi connectivity index (χ0v) is 6.56. The Labute approximate surface area is 62.3 Å². The van der Waals surface area contributed by atoms with Crippen molar-refractivity contribution in [1.82, 2.24) is 0 Å². The van der Waals surface area contributed by atoms with Gasteiger partial charge in [0.15, 0.2) is 0 Å². The molecule has 3 aliphatic rings. The van der Waals surface area contributed by atoms with E-state index in [9.17, 15) is 0 Å². The molecule has 2 saturated carbocycles. The second-order valence-corrected chi connectivity index (χ2v) is 4.51. The molecule has 0 aromatic rings. The highest BCUT2D eigenvalue weighted by Gasteiger charge is 2.53. The number of allylic oxidation sites excluding steroid dienone is 2. The van der Waals surface area contributed by atoms with Gasteiger partial charge in [0.2, 0.25) is 0 Å². The maximum Gasteiger partial charge on any atom is -0.0132 e. The summed E-state index contributed by atoms with van der Waals surface area (Å²) in [6.45, 7) is 2.39. The van der Waals surface area contributed by atoms with Gasteiger partial charge in [-0.05, 0) is 42.9 Å². The van der Waals surface area contributed by atoms with Gasteiger partial charge in [0.05, 0.1) is 0 Å². The van der Waals surface area contributed by atoms with E-state index >= 15 is 0 Å². The Balaban J connectivity index is 1.89. The molecule has 0 heteroatoms. The molecule has 1 unspecified atom stereocenters. The van der Waals surface area contributed by atoms with Crippen LogP contribution in [0.5, 0.6) is 0 Å². The molecular formula is C10H14. The molecule has 0 nitrogen and oxygen atoms in total. The third kappa shape index (κ3) is 0.531. The fraction of sp³-hybridized carbons (Fsp3) is 0.800. The summed E-state index contributed by atoms with van der Waals surface area (Å²) in [7, 11) is 0. The largest absolute Gasteiger partial charge is 0.0842 e. The van der Waals surface area contributed by atoms with Crippen LogP contribution in [0.4, 0.5) is 0 Å². The fourth-order valence-electron chi connectivity index (χ4n) is 2.60. The summed E-state index contributed by atoms with van der Waals surface area (Å²) in [6, 6.07) is 0. The predicted octanol–water partition coefficient (Wildman–Crippen LogP) is 2.75. The van der Waals surface area contributed by atoms with Gasteiger partial charge in [-0.25, -0.2) is 0 Å². The second-order valence-electron chi connectivity index (χ2n) is 4.51. The van der Waals surface area contributed by atoms with Gasteiger partial charge in [-0.15, -0.1) is 0 Å². The van der Waals surface area contributed by atoms with Crippen molar-refractivity contribution >= 4 is 0 Å². The van der Waals surface area contributed by atoms with Crippen molar-refractivity contribution in [1.29, 1.82) is 0 Å². The quantitative estimate of drug-likeness (QED) is 0.447. The van der Waals surface area contributed by atoms with Gasteiger partial charge in [0, 0.05) is 0 Å². The Kier molecular flexibility index (Phi) is 0.725. The highest BCUT2D eigenvalue weighted by atomic mass is 14.6. The van der Waals surface area contributed by atoms with E-state index in [1.54, 1.807) is 12.0 Å². The molecular weight excluding hydrogens is 120 g/mol. The lowest BCUT2D eigenvalue weighted by atomic mass is 9.91. The Bertz CT molecular complexity index is 208. The molecule has 0 aliphatic heterocycles. The topological polar surface area (TPSA) is 0 Å². The van der Waals surface area contributed by atoms with Gasteiger partial charge in [-0.2, -0.15) is 0 Å². The average Bonchev–Trinajstić information content (AvgIpc) is 2.80. The molecule has 3 rings (SSSR count). The van der Waals surface area contributed by atoms with E-state index in [2.05, 4.69) is 13.0 Å². The monoisotopic (exact) mass is 134 g/mol. The Hall–Kier alpha value is -0.260. The SMILES string of the molecule is C[C@H]1C2=CCC3(CC3)CC21. The van der Waals surface area contributed by atoms with Crippen molar-refractivity contribution in [3.63, 3.8) is 0 Å². The van der Waals surface area contributed by atoms with Crippen LogP contribution >= 0.6 is 0 Å². The predicted molar refractivity (Wildman–Crippen MR) is 41.6 cm³/mol. The molecule has 10 heavy (non-hydrogen) atoms. The summed E-state index contributed by atoms with van der Waals surface area (Å²) in [4.78, 5) is 0. The second kappa shape index (κ2) is 1.34. The van der Waals surface area contributed by atoms with Gasteiger partial charge in [0.25, 0.3) is 0 Å². The van der Waals surface area contributed by atoms with Crippen molar-refractivity contribution in [2.75, 3.05) is 0 Å². The van der Waals surface area contributed by atoms with Gasteiger partial charge >= 0.3 is 0 Å². The molecule has 2 fully saturated rings. The summed E-state index contributed by atoms with van der Waals surface area (Å²) >= 11 is 0. The Morgan fingerprint density at radius 3 is 2.90 bits per heavy atom. The van der Waals surface area contributed by atoms with Gasteiger partial charge in [-0.1, -0.05) is 18.6 Å². The maximum absolute atomic E-state index is 2.53. The summed E-state index contributed by atoms with van der Waals surface area (Å²) in [5.74, 6) is 2.01. The standard InChI is InChI=1S/C10H14/c1-7-8-2-3-10(4-5-10)6-9(7)8/h2,7,9H,3-6H2,1H3/t7-,9?/m0/s1. The minimum absolute atomic E-state index is 0.846. The van der Waals surface area contributed by atoms with Crippen LogP contribution in [0, 0.1) is 17.3 Å². The van der Waals surface area contributed by atoms with Gasteiger partial charge in [-0.3, -0.25) is 0 Å². The van der Waals surface area contributed by atoms with Crippen LogP contribution in [0.25, 0.3) is 0 Å². The molecule has 0 N–H and O–H groups in total. The first kappa shape index (κ1) is 5.40. The van der Waals surface area contributed by atoms with Crippen LogP contribution < -0.4 is 0 Å². The Morgan fingerprint density at radius 1 is 1.50 bits per heavy atom. The van der Waals surface area contributed by atoms with Crippen LogP contribution in [0.3, 0.4) is 0 Å². The first-order valence-corrected chi connectivity index (χ1v) is 4.51. The normalized spacial score (nSPS) is 46.3. The van der Waals surface area contributed by atoms with Crippen molar-refractivity contribution in [3.05, 3.63) is 11.6 Å². The van der Waals surface area contributed by atoms with E-state index in [-0.39, 0.29) is 0 Å². The van der Waals surface area contributed by atoms with Gasteiger partial charge in [0.1, 0.15) is 0 Å². The molecule has 0 heterocycles. The molecule has 0 bridgehead atoms. The van der Waals surface area contributed by atoms with E-state index in [1.165, 1.54) is 19.3 Å². The lowest BCUT2D eigenvalue weighted by Gasteiger charge is -2.14. The minimum atomic E-state index is 0.846. The average molecular weight is 134 g/mol. The molecule has 1 spiro atoms. The third-order valence-corrected chi connectivity index (χ3v) is 3.83. The number of rotatable bonds is 0. The summed E-state index contributed by atoms with van der Waals surface area (Å²) < 4.78 is 0. The zero-order chi connectivity index (χ0) is 6.77. The molecule has 3 aliphatic carbocycles. The van der Waals surface area contributed by atoms with E-state index in [1.807, 2.05) is 0 Å². The molecule has 0 aromatic heterocycles. The van der Waals surface area contributed by atoms with Crippen molar-refractivity contribution < 1.29 is 0 Å². The number of hydrogen-bond acceptors (Lipinski definition) is 0. The summed E-state index contributed by atoms with van der Waals surface area (Å²) in [6.07, 6.45) is 8.55. The number of fused-ring (bicyclic) bond motifs is 1. The lowest BCUT2D eigenvalue weighted by Crippen LogP contribution is -2.03. The molecule has 0 radical (unpaired) electrons. The van der Waals surface area contributed by atoms with Crippen LogP contribution in [-0.4, -0.2) is 0 Å². The highest BCUT2D eigenvalue weighted by molar-refractivity contribution is 5.33. The van der Waals surface area contributed by atoms with E-state index in [4.69, 9.17) is 0 Å². The summed E-state index contributed by atoms with van der Waals surface area (Å²) in [5, 5.41) is 0. The minimum Gasteiger partial charge on any atom is -0.0842 e. The molecule has 0 saturated heterocycles. The molecule has 2 atom stereocenters.